The fourth-order valence-electron chi connectivity index (χ4n) is 4.16. The number of alkyl carbamates (subject to hydrolysis) is 1. The Bertz CT molecular complexity index is 998. The lowest BCUT2D eigenvalue weighted by Crippen LogP contribution is -2.52. The number of fused-ring (bicyclic) bond motifs is 3. The zero-order valence-electron chi connectivity index (χ0n) is 19.0. The van der Waals surface area contributed by atoms with E-state index in [1.54, 1.807) is 0 Å². The Kier molecular flexibility index (Phi) is 8.20. The van der Waals surface area contributed by atoms with Gasteiger partial charge in [0, 0.05) is 5.92 Å². The molecule has 0 radical (unpaired) electrons. The average molecular weight is 475 g/mol. The number of carbonyl (C=O) groups excluding carboxylic acids is 2. The number of carbonyl (C=O) groups is 3. The normalized spacial score (nSPS) is 14.3. The Morgan fingerprint density at radius 1 is 0.971 bits per heavy atom. The molecule has 7 nitrogen and oxygen atoms in total. The molecule has 34 heavy (non-hydrogen) atoms. The van der Waals surface area contributed by atoms with E-state index in [4.69, 9.17) is 9.84 Å². The van der Waals surface area contributed by atoms with Crippen molar-refractivity contribution in [1.29, 1.82) is 0 Å². The number of alkyl halides is 2. The van der Waals surface area contributed by atoms with E-state index in [9.17, 15) is 23.2 Å². The van der Waals surface area contributed by atoms with Crippen molar-refractivity contribution >= 4 is 18.0 Å². The Labute approximate surface area is 196 Å². The largest absolute Gasteiger partial charge is 0.481 e. The van der Waals surface area contributed by atoms with Gasteiger partial charge in [-0.1, -0.05) is 62.4 Å². The lowest BCUT2D eigenvalue weighted by Gasteiger charge is -2.23. The number of hydrogen-bond donors (Lipinski definition) is 3. The summed E-state index contributed by atoms with van der Waals surface area (Å²) in [6, 6.07) is 12.7. The molecule has 0 saturated heterocycles. The van der Waals surface area contributed by atoms with Crippen LogP contribution in [0.25, 0.3) is 11.1 Å². The molecular formula is C25H28F2N2O5. The second kappa shape index (κ2) is 11.1. The number of benzene rings is 2. The third-order valence-electron chi connectivity index (χ3n) is 5.69. The van der Waals surface area contributed by atoms with Gasteiger partial charge in [-0.2, -0.15) is 0 Å². The van der Waals surface area contributed by atoms with E-state index in [-0.39, 0.29) is 24.9 Å². The SMILES string of the molecule is CC(C)CC(NC(=O)OCC1c2ccccc2-c2ccccc21)C(=O)NC(CC(=O)O)C(F)F. The molecule has 0 saturated carbocycles. The lowest BCUT2D eigenvalue weighted by molar-refractivity contribution is -0.139. The molecule has 0 spiro atoms. The van der Waals surface area contributed by atoms with Crippen molar-refractivity contribution in [1.82, 2.24) is 10.6 Å². The zero-order chi connectivity index (χ0) is 24.8. The summed E-state index contributed by atoms with van der Waals surface area (Å²) in [7, 11) is 0. The molecule has 3 N–H and O–H groups in total. The molecule has 0 fully saturated rings. The predicted octanol–water partition coefficient (Wildman–Crippen LogP) is 4.16. The van der Waals surface area contributed by atoms with Gasteiger partial charge in [-0.25, -0.2) is 13.6 Å². The second-order valence-electron chi connectivity index (χ2n) is 8.70. The first-order valence-electron chi connectivity index (χ1n) is 11.1. The first-order valence-corrected chi connectivity index (χ1v) is 11.1. The molecular weight excluding hydrogens is 446 g/mol. The van der Waals surface area contributed by atoms with Crippen LogP contribution in [-0.2, 0) is 14.3 Å². The highest BCUT2D eigenvalue weighted by Gasteiger charge is 2.32. The van der Waals surface area contributed by atoms with Crippen LogP contribution in [0.15, 0.2) is 48.5 Å². The van der Waals surface area contributed by atoms with E-state index >= 15 is 0 Å². The van der Waals surface area contributed by atoms with Crippen molar-refractivity contribution in [2.45, 2.75) is 51.1 Å². The van der Waals surface area contributed by atoms with Crippen molar-refractivity contribution in [3.8, 4) is 11.1 Å². The number of carboxylic acid groups (broad SMARTS) is 1. The van der Waals surface area contributed by atoms with Crippen LogP contribution >= 0.6 is 0 Å². The highest BCUT2D eigenvalue weighted by atomic mass is 19.3. The van der Waals surface area contributed by atoms with E-state index in [1.807, 2.05) is 67.7 Å². The third-order valence-corrected chi connectivity index (χ3v) is 5.69. The number of carboxylic acids is 1. The van der Waals surface area contributed by atoms with Gasteiger partial charge in [0.25, 0.3) is 6.43 Å². The fraction of sp³-hybridized carbons (Fsp3) is 0.400. The number of amides is 2. The lowest BCUT2D eigenvalue weighted by atomic mass is 9.98. The smallest absolute Gasteiger partial charge is 0.407 e. The van der Waals surface area contributed by atoms with Crippen molar-refractivity contribution in [3.05, 3.63) is 59.7 Å². The maximum Gasteiger partial charge on any atom is 0.407 e. The average Bonchev–Trinajstić information content (AvgIpc) is 3.10. The van der Waals surface area contributed by atoms with Gasteiger partial charge in [-0.3, -0.25) is 9.59 Å². The Balaban J connectivity index is 1.66. The summed E-state index contributed by atoms with van der Waals surface area (Å²) in [6.45, 7) is 3.65. The third kappa shape index (κ3) is 6.09. The summed E-state index contributed by atoms with van der Waals surface area (Å²) in [5, 5.41) is 13.3. The minimum absolute atomic E-state index is 0.0363. The summed E-state index contributed by atoms with van der Waals surface area (Å²) in [5.41, 5.74) is 4.20. The maximum absolute atomic E-state index is 13.2. The van der Waals surface area contributed by atoms with Gasteiger partial charge in [-0.15, -0.1) is 0 Å². The highest BCUT2D eigenvalue weighted by Crippen LogP contribution is 2.44. The molecule has 2 aromatic carbocycles. The molecule has 0 bridgehead atoms. The summed E-state index contributed by atoms with van der Waals surface area (Å²) in [4.78, 5) is 36.0. The maximum atomic E-state index is 13.2. The van der Waals surface area contributed by atoms with Gasteiger partial charge >= 0.3 is 12.1 Å². The number of ether oxygens (including phenoxy) is 1. The number of halogens is 2. The highest BCUT2D eigenvalue weighted by molar-refractivity contribution is 5.86. The molecule has 1 aliphatic carbocycles. The van der Waals surface area contributed by atoms with Crippen LogP contribution in [0.2, 0.25) is 0 Å². The number of hydrogen-bond acceptors (Lipinski definition) is 4. The molecule has 3 rings (SSSR count). The predicted molar refractivity (Wildman–Crippen MR) is 122 cm³/mol. The van der Waals surface area contributed by atoms with Crippen molar-refractivity contribution < 1.29 is 33.0 Å². The van der Waals surface area contributed by atoms with E-state index in [0.29, 0.717) is 0 Å². The zero-order valence-corrected chi connectivity index (χ0v) is 19.0. The standard InChI is InChI=1S/C25H28F2N2O5/c1-14(2)11-21(24(32)28-20(23(26)27)12-22(30)31)29-25(33)34-13-19-17-9-5-3-7-15(17)16-8-4-6-10-18(16)19/h3-10,14,19-21,23H,11-13H2,1-2H3,(H,28,32)(H,29,33)(H,30,31). The van der Waals surface area contributed by atoms with Crippen LogP contribution < -0.4 is 10.6 Å². The monoisotopic (exact) mass is 474 g/mol. The minimum Gasteiger partial charge on any atom is -0.481 e. The Morgan fingerprint density at radius 3 is 2.03 bits per heavy atom. The van der Waals surface area contributed by atoms with Crippen molar-refractivity contribution in [2.75, 3.05) is 6.61 Å². The molecule has 0 heterocycles. The summed E-state index contributed by atoms with van der Waals surface area (Å²) in [5.74, 6) is -2.56. The molecule has 2 amide bonds. The van der Waals surface area contributed by atoms with Crippen molar-refractivity contribution in [3.63, 3.8) is 0 Å². The summed E-state index contributed by atoms with van der Waals surface area (Å²) in [6.07, 6.45) is -4.68. The number of rotatable bonds is 10. The summed E-state index contributed by atoms with van der Waals surface area (Å²) < 4.78 is 31.8. The van der Waals surface area contributed by atoms with Crippen LogP contribution in [0.5, 0.6) is 0 Å². The van der Waals surface area contributed by atoms with Gasteiger partial charge in [-0.05, 0) is 34.6 Å². The molecule has 2 atom stereocenters. The first kappa shape index (κ1) is 25.1. The van der Waals surface area contributed by atoms with E-state index < -0.39 is 42.9 Å². The number of nitrogens with one attached hydrogen (secondary N) is 2. The molecule has 0 aliphatic heterocycles. The molecule has 2 unspecified atom stereocenters. The minimum atomic E-state index is -3.06. The van der Waals surface area contributed by atoms with Gasteiger partial charge in [0.15, 0.2) is 0 Å². The summed E-state index contributed by atoms with van der Waals surface area (Å²) >= 11 is 0. The van der Waals surface area contributed by atoms with Crippen molar-refractivity contribution in [2.24, 2.45) is 5.92 Å². The van der Waals surface area contributed by atoms with Gasteiger partial charge in [0.2, 0.25) is 5.91 Å². The van der Waals surface area contributed by atoms with Crippen LogP contribution in [0.4, 0.5) is 13.6 Å². The van der Waals surface area contributed by atoms with Crippen LogP contribution in [0, 0.1) is 5.92 Å². The molecule has 182 valence electrons. The van der Waals surface area contributed by atoms with Crippen LogP contribution in [0.3, 0.4) is 0 Å². The van der Waals surface area contributed by atoms with E-state index in [2.05, 4.69) is 5.32 Å². The van der Waals surface area contributed by atoms with Gasteiger partial charge < -0.3 is 20.5 Å². The first-order chi connectivity index (χ1) is 16.2. The topological polar surface area (TPSA) is 105 Å². The molecule has 0 aromatic heterocycles. The number of aliphatic carboxylic acids is 1. The van der Waals surface area contributed by atoms with Crippen LogP contribution in [-0.4, -0.2) is 48.2 Å². The van der Waals surface area contributed by atoms with E-state index in [1.165, 1.54) is 0 Å². The molecule has 2 aromatic rings. The fourth-order valence-corrected chi connectivity index (χ4v) is 4.16. The van der Waals surface area contributed by atoms with Gasteiger partial charge in [0.05, 0.1) is 6.42 Å². The Morgan fingerprint density at radius 2 is 1.53 bits per heavy atom. The molecule has 1 aliphatic rings. The molecule has 9 heteroatoms. The van der Waals surface area contributed by atoms with Gasteiger partial charge in [0.1, 0.15) is 18.7 Å². The Hall–Kier alpha value is -3.49. The van der Waals surface area contributed by atoms with E-state index in [0.717, 1.165) is 22.3 Å². The quantitative estimate of drug-likeness (QED) is 0.480. The second-order valence-corrected chi connectivity index (χ2v) is 8.70. The van der Waals surface area contributed by atoms with Crippen LogP contribution in [0.1, 0.15) is 43.7 Å².